The summed E-state index contributed by atoms with van der Waals surface area (Å²) in [6.45, 7) is 0. The third-order valence-corrected chi connectivity index (χ3v) is 7.70. The van der Waals surface area contributed by atoms with Crippen LogP contribution in [0.3, 0.4) is 0 Å². The molecule has 0 aliphatic heterocycles. The number of nitrogens with one attached hydrogen (secondary N) is 1. The SMILES string of the molecule is O=C(NC12CC3CC(CC(C3)C1)C2)c1nc(-c2ccc(F)c(F)c2F)n2ccccc12.O=C(O)C(F)(F)F. The normalized spacial score (nSPS) is 25.7. The zero-order chi connectivity index (χ0) is 27.4. The summed E-state index contributed by atoms with van der Waals surface area (Å²) in [6.07, 6.45) is 3.36. The number of halogens is 6. The van der Waals surface area contributed by atoms with Crippen LogP contribution in [0.2, 0.25) is 0 Å². The number of aliphatic carboxylic acids is 1. The Morgan fingerprint density at radius 1 is 0.947 bits per heavy atom. The minimum atomic E-state index is -5.08. The first-order valence-corrected chi connectivity index (χ1v) is 12.1. The predicted octanol–water partition coefficient (Wildman–Crippen LogP) is 5.75. The highest BCUT2D eigenvalue weighted by Gasteiger charge is 2.51. The lowest BCUT2D eigenvalue weighted by atomic mass is 9.53. The summed E-state index contributed by atoms with van der Waals surface area (Å²) in [5, 5.41) is 10.4. The van der Waals surface area contributed by atoms with Crippen molar-refractivity contribution in [1.29, 1.82) is 0 Å². The molecule has 6 nitrogen and oxygen atoms in total. The molecule has 4 bridgehead atoms. The first-order chi connectivity index (χ1) is 17.9. The molecule has 202 valence electrons. The Balaban J connectivity index is 0.000000374. The van der Waals surface area contributed by atoms with Gasteiger partial charge in [-0.15, -0.1) is 0 Å². The van der Waals surface area contributed by atoms with Crippen molar-refractivity contribution in [3.8, 4) is 11.4 Å². The molecular formula is C26H23F6N3O3. The van der Waals surface area contributed by atoms with E-state index in [-0.39, 0.29) is 28.5 Å². The number of aromatic nitrogens is 2. The number of carboxylic acids is 1. The Kier molecular flexibility index (Phi) is 6.39. The van der Waals surface area contributed by atoms with Gasteiger partial charge in [-0.25, -0.2) is 22.9 Å². The van der Waals surface area contributed by atoms with Crippen LogP contribution in [0.1, 0.15) is 49.0 Å². The maximum atomic E-state index is 14.5. The average Bonchev–Trinajstić information content (AvgIpc) is 3.21. The second kappa shape index (κ2) is 9.32. The number of carbonyl (C=O) groups is 2. The van der Waals surface area contributed by atoms with Crippen molar-refractivity contribution in [2.24, 2.45) is 17.8 Å². The van der Waals surface area contributed by atoms with Gasteiger partial charge < -0.3 is 10.4 Å². The molecule has 1 amide bonds. The quantitative estimate of drug-likeness (QED) is 0.328. The van der Waals surface area contributed by atoms with Gasteiger partial charge in [0.25, 0.3) is 5.91 Å². The van der Waals surface area contributed by atoms with E-state index >= 15 is 0 Å². The Morgan fingerprint density at radius 2 is 1.53 bits per heavy atom. The van der Waals surface area contributed by atoms with Gasteiger partial charge in [0.15, 0.2) is 23.1 Å². The number of carbonyl (C=O) groups excluding carboxylic acids is 1. The summed E-state index contributed by atoms with van der Waals surface area (Å²) in [4.78, 5) is 26.7. The molecule has 0 atom stereocenters. The highest BCUT2D eigenvalue weighted by atomic mass is 19.4. The molecule has 0 radical (unpaired) electrons. The summed E-state index contributed by atoms with van der Waals surface area (Å²) in [6, 6.07) is 7.23. The summed E-state index contributed by atoms with van der Waals surface area (Å²) in [7, 11) is 0. The fourth-order valence-corrected chi connectivity index (χ4v) is 6.66. The van der Waals surface area contributed by atoms with Crippen LogP contribution >= 0.6 is 0 Å². The topological polar surface area (TPSA) is 83.7 Å². The average molecular weight is 539 g/mol. The molecule has 4 aliphatic carbocycles. The van der Waals surface area contributed by atoms with E-state index in [0.29, 0.717) is 23.3 Å². The third kappa shape index (κ3) is 4.71. The van der Waals surface area contributed by atoms with Gasteiger partial charge in [-0.3, -0.25) is 9.20 Å². The lowest BCUT2D eigenvalue weighted by Gasteiger charge is -2.56. The fourth-order valence-electron chi connectivity index (χ4n) is 6.66. The Labute approximate surface area is 212 Å². The Hall–Kier alpha value is -3.57. The van der Waals surface area contributed by atoms with Crippen LogP contribution in [0.15, 0.2) is 36.5 Å². The van der Waals surface area contributed by atoms with Crippen molar-refractivity contribution in [3.05, 3.63) is 59.7 Å². The molecule has 0 saturated heterocycles. The molecule has 7 rings (SSSR count). The molecular weight excluding hydrogens is 516 g/mol. The summed E-state index contributed by atoms with van der Waals surface area (Å²) in [5.41, 5.74) is 0.303. The predicted molar refractivity (Wildman–Crippen MR) is 123 cm³/mol. The van der Waals surface area contributed by atoms with E-state index in [9.17, 15) is 31.1 Å². The second-order valence-corrected chi connectivity index (χ2v) is 10.4. The molecule has 3 aromatic rings. The molecule has 38 heavy (non-hydrogen) atoms. The van der Waals surface area contributed by atoms with E-state index in [1.165, 1.54) is 19.3 Å². The monoisotopic (exact) mass is 539 g/mol. The van der Waals surface area contributed by atoms with Gasteiger partial charge >= 0.3 is 12.1 Å². The van der Waals surface area contributed by atoms with Crippen LogP contribution in [0.25, 0.3) is 16.9 Å². The van der Waals surface area contributed by atoms with Gasteiger partial charge in [0.1, 0.15) is 5.82 Å². The molecule has 4 saturated carbocycles. The number of benzene rings is 1. The molecule has 0 spiro atoms. The number of carboxylic acid groups (broad SMARTS) is 1. The van der Waals surface area contributed by atoms with Gasteiger partial charge in [0.2, 0.25) is 0 Å². The van der Waals surface area contributed by atoms with Crippen LogP contribution < -0.4 is 5.32 Å². The van der Waals surface area contributed by atoms with Crippen LogP contribution in [-0.4, -0.2) is 38.1 Å². The number of hydrogen-bond donors (Lipinski definition) is 2. The first-order valence-electron chi connectivity index (χ1n) is 12.1. The Morgan fingerprint density at radius 3 is 2.08 bits per heavy atom. The molecule has 4 aliphatic rings. The number of alkyl halides is 3. The molecule has 4 fully saturated rings. The van der Waals surface area contributed by atoms with Crippen molar-refractivity contribution in [2.45, 2.75) is 50.2 Å². The number of pyridine rings is 1. The zero-order valence-corrected chi connectivity index (χ0v) is 19.9. The number of rotatable bonds is 3. The summed E-state index contributed by atoms with van der Waals surface area (Å²) in [5.74, 6) is -5.07. The molecule has 2 N–H and O–H groups in total. The first kappa shape index (κ1) is 26.1. The van der Waals surface area contributed by atoms with Crippen molar-refractivity contribution >= 4 is 17.4 Å². The third-order valence-electron chi connectivity index (χ3n) is 7.70. The molecule has 1 aromatic carbocycles. The summed E-state index contributed by atoms with van der Waals surface area (Å²) >= 11 is 0. The van der Waals surface area contributed by atoms with E-state index < -0.39 is 29.6 Å². The number of amides is 1. The van der Waals surface area contributed by atoms with Gasteiger partial charge in [-0.1, -0.05) is 6.07 Å². The second-order valence-electron chi connectivity index (χ2n) is 10.4. The van der Waals surface area contributed by atoms with E-state index in [1.54, 1.807) is 28.8 Å². The van der Waals surface area contributed by atoms with Crippen LogP contribution in [0, 0.1) is 35.2 Å². The lowest BCUT2D eigenvalue weighted by molar-refractivity contribution is -0.192. The van der Waals surface area contributed by atoms with Crippen molar-refractivity contribution in [3.63, 3.8) is 0 Å². The van der Waals surface area contributed by atoms with Gasteiger partial charge in [0, 0.05) is 11.7 Å². The van der Waals surface area contributed by atoms with Gasteiger partial charge in [-0.2, -0.15) is 13.2 Å². The molecule has 0 unspecified atom stereocenters. The van der Waals surface area contributed by atoms with E-state index in [1.807, 2.05) is 0 Å². The van der Waals surface area contributed by atoms with E-state index in [2.05, 4.69) is 10.3 Å². The smallest absolute Gasteiger partial charge is 0.475 e. The minimum absolute atomic E-state index is 0.0719. The maximum Gasteiger partial charge on any atom is 0.490 e. The number of hydrogen-bond acceptors (Lipinski definition) is 3. The summed E-state index contributed by atoms with van der Waals surface area (Å²) < 4.78 is 75.1. The molecule has 2 aromatic heterocycles. The van der Waals surface area contributed by atoms with Gasteiger partial charge in [-0.05, 0) is 80.5 Å². The van der Waals surface area contributed by atoms with Crippen LogP contribution in [0.5, 0.6) is 0 Å². The maximum absolute atomic E-state index is 14.5. The standard InChI is InChI=1S/C24H22F3N3O.C2HF3O2/c25-17-5-4-16(19(26)20(17)27)22-28-21(18-3-1-2-6-30(18)22)23(31)29-24-10-13-7-14(11-24)9-15(8-13)12-24;3-2(4,5)1(6)7/h1-6,13-15H,7-12H2,(H,29,31);(H,6,7). The van der Waals surface area contributed by atoms with Gasteiger partial charge in [0.05, 0.1) is 11.1 Å². The van der Waals surface area contributed by atoms with E-state index in [4.69, 9.17) is 9.90 Å². The van der Waals surface area contributed by atoms with Crippen molar-refractivity contribution < 1.29 is 41.0 Å². The van der Waals surface area contributed by atoms with Crippen molar-refractivity contribution in [2.75, 3.05) is 0 Å². The zero-order valence-electron chi connectivity index (χ0n) is 19.9. The minimum Gasteiger partial charge on any atom is -0.475 e. The molecule has 2 heterocycles. The highest BCUT2D eigenvalue weighted by molar-refractivity contribution is 6.00. The largest absolute Gasteiger partial charge is 0.490 e. The lowest BCUT2D eigenvalue weighted by Crippen LogP contribution is -2.59. The number of fused-ring (bicyclic) bond motifs is 1. The molecule has 12 heteroatoms. The van der Waals surface area contributed by atoms with Crippen LogP contribution in [0.4, 0.5) is 26.3 Å². The van der Waals surface area contributed by atoms with E-state index in [0.717, 1.165) is 31.4 Å². The fraction of sp³-hybridized carbons (Fsp3) is 0.423. The number of nitrogens with zero attached hydrogens (tertiary/aromatic N) is 2. The Bertz CT molecular complexity index is 1380. The van der Waals surface area contributed by atoms with Crippen LogP contribution in [-0.2, 0) is 4.79 Å². The van der Waals surface area contributed by atoms with Crippen molar-refractivity contribution in [1.82, 2.24) is 14.7 Å². The highest BCUT2D eigenvalue weighted by Crippen LogP contribution is 2.55. The number of imidazole rings is 1.